The standard InChI is InChI=1S/C22H24N4O/c23-26-21(27)12-10-18-9-11-20(24-22(18)26)8-2-1-5-14-25-15-13-17-6-3-4-7-19(17)16-25/h3-4,6-7,9,11H,1-2,5,8,13-16,23H2. The van der Waals surface area contributed by atoms with Crippen molar-refractivity contribution in [2.45, 2.75) is 38.6 Å². The van der Waals surface area contributed by atoms with E-state index in [0.29, 0.717) is 11.0 Å². The summed E-state index contributed by atoms with van der Waals surface area (Å²) in [6.07, 6.45) is 5.50. The fourth-order valence-corrected chi connectivity index (χ4v) is 3.75. The van der Waals surface area contributed by atoms with Crippen LogP contribution in [0.15, 0.2) is 41.2 Å². The number of nitrogens with two attached hydrogens (primary N) is 1. The molecule has 3 aromatic rings. The highest BCUT2D eigenvalue weighted by molar-refractivity contribution is 5.73. The third-order valence-electron chi connectivity index (χ3n) is 5.30. The van der Waals surface area contributed by atoms with Crippen molar-refractivity contribution >= 4 is 11.0 Å². The lowest BCUT2D eigenvalue weighted by Crippen LogP contribution is -2.31. The number of rotatable bonds is 6. The van der Waals surface area contributed by atoms with E-state index in [1.807, 2.05) is 12.1 Å². The van der Waals surface area contributed by atoms with Crippen LogP contribution < -0.4 is 11.4 Å². The summed E-state index contributed by atoms with van der Waals surface area (Å²) in [5.41, 5.74) is 4.02. The van der Waals surface area contributed by atoms with Crippen molar-refractivity contribution in [3.63, 3.8) is 0 Å². The van der Waals surface area contributed by atoms with Gasteiger partial charge in [-0.05, 0) is 55.5 Å². The van der Waals surface area contributed by atoms with Crippen molar-refractivity contribution in [3.8, 4) is 0 Å². The van der Waals surface area contributed by atoms with E-state index in [1.165, 1.54) is 24.0 Å². The third-order valence-corrected chi connectivity index (χ3v) is 5.30. The number of fused-ring (bicyclic) bond motifs is 2. The van der Waals surface area contributed by atoms with Crippen molar-refractivity contribution in [2.24, 2.45) is 0 Å². The van der Waals surface area contributed by atoms with Gasteiger partial charge in [0.15, 0.2) is 5.65 Å². The smallest absolute Gasteiger partial charge is 0.322 e. The molecule has 0 aliphatic carbocycles. The molecule has 27 heavy (non-hydrogen) atoms. The number of nitrogens with zero attached hydrogens (tertiary/aromatic N) is 3. The normalized spacial score (nSPS) is 14.1. The molecule has 4 rings (SSSR count). The van der Waals surface area contributed by atoms with Crippen LogP contribution in [0.3, 0.4) is 0 Å². The predicted molar refractivity (Wildman–Crippen MR) is 107 cm³/mol. The van der Waals surface area contributed by atoms with E-state index in [4.69, 9.17) is 5.84 Å². The van der Waals surface area contributed by atoms with Crippen LogP contribution in [0.1, 0.15) is 36.1 Å². The van der Waals surface area contributed by atoms with Crippen LogP contribution in [0, 0.1) is 12.1 Å². The van der Waals surface area contributed by atoms with E-state index < -0.39 is 5.56 Å². The second-order valence-corrected chi connectivity index (χ2v) is 7.20. The lowest BCUT2D eigenvalue weighted by molar-refractivity contribution is 0.248. The monoisotopic (exact) mass is 360 g/mol. The van der Waals surface area contributed by atoms with Crippen molar-refractivity contribution in [1.29, 1.82) is 0 Å². The molecule has 0 atom stereocenters. The van der Waals surface area contributed by atoms with Gasteiger partial charge in [0.25, 0.3) is 0 Å². The van der Waals surface area contributed by atoms with E-state index in [1.54, 1.807) is 0 Å². The Bertz CT molecular complexity index is 995. The van der Waals surface area contributed by atoms with Gasteiger partial charge in [-0.1, -0.05) is 36.8 Å². The Labute approximate surface area is 159 Å². The molecule has 5 heteroatoms. The first-order valence-electron chi connectivity index (χ1n) is 9.60. The average molecular weight is 360 g/mol. The van der Waals surface area contributed by atoms with E-state index in [-0.39, 0.29) is 0 Å². The molecule has 0 amide bonds. The molecule has 0 radical (unpaired) electrons. The molecule has 1 aliphatic rings. The molecular formula is C22H24N4O. The summed E-state index contributed by atoms with van der Waals surface area (Å²) in [6.45, 7) is 3.38. The molecule has 2 N–H and O–H groups in total. The predicted octanol–water partition coefficient (Wildman–Crippen LogP) is 2.48. The zero-order chi connectivity index (χ0) is 18.6. The van der Waals surface area contributed by atoms with Crippen molar-refractivity contribution < 1.29 is 0 Å². The topological polar surface area (TPSA) is 64.2 Å². The summed E-state index contributed by atoms with van der Waals surface area (Å²) in [7, 11) is 0. The molecule has 0 unspecified atom stereocenters. The lowest BCUT2D eigenvalue weighted by atomic mass is 9.99. The minimum atomic E-state index is -0.407. The van der Waals surface area contributed by atoms with Crippen molar-refractivity contribution in [1.82, 2.24) is 14.6 Å². The van der Waals surface area contributed by atoms with Crippen LogP contribution in [0.4, 0.5) is 0 Å². The summed E-state index contributed by atoms with van der Waals surface area (Å²) in [5, 5.41) is 0.714. The second-order valence-electron chi connectivity index (χ2n) is 7.20. The number of hydrogen-bond donors (Lipinski definition) is 1. The number of aryl methyl sites for hydroxylation is 1. The molecule has 0 saturated heterocycles. The van der Waals surface area contributed by atoms with E-state index in [9.17, 15) is 4.79 Å². The number of hydrogen-bond acceptors (Lipinski definition) is 4. The highest BCUT2D eigenvalue weighted by atomic mass is 16.1. The van der Waals surface area contributed by atoms with Gasteiger partial charge in [0.1, 0.15) is 0 Å². The zero-order valence-corrected chi connectivity index (χ0v) is 15.4. The van der Waals surface area contributed by atoms with Gasteiger partial charge in [-0.15, -0.1) is 0 Å². The van der Waals surface area contributed by atoms with Gasteiger partial charge in [0.05, 0.1) is 5.39 Å². The number of unbranched alkanes of at least 4 members (excludes halogenated alkanes) is 2. The SMILES string of the molecule is Nn1c(=O)c#cc2ccc(CCCCCN3CCc4ccccc4C3)nc21. The molecular weight excluding hydrogens is 336 g/mol. The third kappa shape index (κ3) is 3.96. The van der Waals surface area contributed by atoms with Crippen molar-refractivity contribution in [2.75, 3.05) is 18.9 Å². The van der Waals surface area contributed by atoms with Crippen molar-refractivity contribution in [3.05, 3.63) is 75.7 Å². The lowest BCUT2D eigenvalue weighted by Gasteiger charge is -2.28. The molecule has 0 bridgehead atoms. The van der Waals surface area contributed by atoms with Crippen LogP contribution in [0.5, 0.6) is 0 Å². The van der Waals surface area contributed by atoms with Crippen LogP contribution in [-0.4, -0.2) is 27.6 Å². The summed E-state index contributed by atoms with van der Waals surface area (Å²) < 4.78 is 1.05. The Morgan fingerprint density at radius 3 is 2.78 bits per heavy atom. The Morgan fingerprint density at radius 2 is 1.89 bits per heavy atom. The van der Waals surface area contributed by atoms with Crippen LogP contribution in [0.25, 0.3) is 11.0 Å². The number of benzene rings is 1. The average Bonchev–Trinajstić information content (AvgIpc) is 2.70. The molecule has 3 heterocycles. The number of nitrogen functional groups attached to an aromatic ring is 1. The first-order valence-corrected chi connectivity index (χ1v) is 9.60. The number of aromatic nitrogens is 2. The maximum atomic E-state index is 11.6. The molecule has 1 aromatic carbocycles. The quantitative estimate of drug-likeness (QED) is 0.542. The zero-order valence-electron chi connectivity index (χ0n) is 15.4. The summed E-state index contributed by atoms with van der Waals surface area (Å²) >= 11 is 0. The minimum Gasteiger partial charge on any atom is -0.334 e. The maximum Gasteiger partial charge on any atom is 0.322 e. The van der Waals surface area contributed by atoms with Gasteiger partial charge in [0.2, 0.25) is 0 Å². The van der Waals surface area contributed by atoms with Crippen LogP contribution >= 0.6 is 0 Å². The molecule has 5 nitrogen and oxygen atoms in total. The molecule has 1 aliphatic heterocycles. The molecule has 138 valence electrons. The fraction of sp³-hybridized carbons (Fsp3) is 0.364. The van der Waals surface area contributed by atoms with Gasteiger partial charge in [-0.25, -0.2) is 4.98 Å². The Hall–Kier alpha value is -2.84. The molecule has 0 fully saturated rings. The Kier molecular flexibility index (Phi) is 5.08. The van der Waals surface area contributed by atoms with Crippen LogP contribution in [0.2, 0.25) is 0 Å². The highest BCUT2D eigenvalue weighted by Crippen LogP contribution is 2.19. The second kappa shape index (κ2) is 7.81. The van der Waals surface area contributed by atoms with E-state index in [0.717, 1.165) is 49.3 Å². The van der Waals surface area contributed by atoms with Gasteiger partial charge >= 0.3 is 5.56 Å². The summed E-state index contributed by atoms with van der Waals surface area (Å²) in [6, 6.07) is 17.9. The molecule has 0 spiro atoms. The summed E-state index contributed by atoms with van der Waals surface area (Å²) in [5.74, 6) is 5.76. The highest BCUT2D eigenvalue weighted by Gasteiger charge is 2.14. The van der Waals surface area contributed by atoms with E-state index >= 15 is 0 Å². The molecule has 2 aromatic heterocycles. The summed E-state index contributed by atoms with van der Waals surface area (Å²) in [4.78, 5) is 18.7. The fourth-order valence-electron chi connectivity index (χ4n) is 3.75. The van der Waals surface area contributed by atoms with Gasteiger partial charge in [0, 0.05) is 24.8 Å². The van der Waals surface area contributed by atoms with Gasteiger partial charge in [-0.2, -0.15) is 4.68 Å². The van der Waals surface area contributed by atoms with Crippen LogP contribution in [-0.2, 0) is 19.4 Å². The minimum absolute atomic E-state index is 0.407. The maximum absolute atomic E-state index is 11.6. The first-order chi connectivity index (χ1) is 13.2. The Morgan fingerprint density at radius 1 is 1.04 bits per heavy atom. The Balaban J connectivity index is 1.25. The molecule has 0 saturated carbocycles. The number of pyridine rings is 1. The van der Waals surface area contributed by atoms with Gasteiger partial charge < -0.3 is 5.84 Å². The van der Waals surface area contributed by atoms with E-state index in [2.05, 4.69) is 46.3 Å². The first kappa shape index (κ1) is 17.6. The van der Waals surface area contributed by atoms with Gasteiger partial charge in [-0.3, -0.25) is 9.69 Å². The largest absolute Gasteiger partial charge is 0.334 e.